The first-order valence-electron chi connectivity index (χ1n) is 13.1. The molecule has 0 radical (unpaired) electrons. The summed E-state index contributed by atoms with van der Waals surface area (Å²) in [5.74, 6) is -0.738. The van der Waals surface area contributed by atoms with Crippen molar-refractivity contribution in [2.75, 3.05) is 23.9 Å². The smallest absolute Gasteiger partial charge is 0.264 e. The van der Waals surface area contributed by atoms with Crippen molar-refractivity contribution in [1.29, 1.82) is 0 Å². The second kappa shape index (κ2) is 14.1. The maximum Gasteiger partial charge on any atom is 0.264 e. The van der Waals surface area contributed by atoms with Gasteiger partial charge in [-0.1, -0.05) is 73.5 Å². The van der Waals surface area contributed by atoms with E-state index in [4.69, 9.17) is 11.6 Å². The van der Waals surface area contributed by atoms with Crippen LogP contribution in [0, 0.1) is 6.92 Å². The normalized spacial score (nSPS) is 12.0. The summed E-state index contributed by atoms with van der Waals surface area (Å²) < 4.78 is 28.8. The number of carbonyl (C=O) groups is 2. The van der Waals surface area contributed by atoms with Crippen LogP contribution in [0.15, 0.2) is 83.8 Å². The molecular weight excluding hydrogens is 534 g/mol. The summed E-state index contributed by atoms with van der Waals surface area (Å²) >= 11 is 6.00. The van der Waals surface area contributed by atoms with Crippen LogP contribution in [-0.4, -0.2) is 50.8 Å². The highest BCUT2D eigenvalue weighted by Gasteiger charge is 2.32. The lowest BCUT2D eigenvalue weighted by Crippen LogP contribution is -2.52. The third-order valence-corrected chi connectivity index (χ3v) is 8.57. The number of nitrogens with one attached hydrogen (secondary N) is 1. The lowest BCUT2D eigenvalue weighted by molar-refractivity contribution is -0.138. The molecule has 0 fully saturated rings. The number of unbranched alkanes of at least 4 members (excludes halogenated alkanes) is 1. The van der Waals surface area contributed by atoms with Crippen LogP contribution in [0.3, 0.4) is 0 Å². The van der Waals surface area contributed by atoms with E-state index in [1.165, 1.54) is 29.2 Å². The van der Waals surface area contributed by atoms with Crippen molar-refractivity contribution in [2.45, 2.75) is 51.0 Å². The molecule has 0 saturated heterocycles. The highest BCUT2D eigenvalue weighted by Crippen LogP contribution is 2.28. The number of anilines is 1. The molecular formula is C30H36ClN3O4S. The monoisotopic (exact) mass is 569 g/mol. The lowest BCUT2D eigenvalue weighted by Gasteiger charge is -2.32. The summed E-state index contributed by atoms with van der Waals surface area (Å²) in [6, 6.07) is 21.7. The fourth-order valence-corrected chi connectivity index (χ4v) is 5.80. The predicted molar refractivity (Wildman–Crippen MR) is 156 cm³/mol. The first kappa shape index (κ1) is 30.2. The second-order valence-corrected chi connectivity index (χ2v) is 11.7. The van der Waals surface area contributed by atoms with E-state index in [1.807, 2.05) is 43.3 Å². The highest BCUT2D eigenvalue weighted by atomic mass is 35.5. The van der Waals surface area contributed by atoms with Gasteiger partial charge in [0.15, 0.2) is 0 Å². The van der Waals surface area contributed by atoms with Gasteiger partial charge in [0.05, 0.1) is 10.6 Å². The van der Waals surface area contributed by atoms with Gasteiger partial charge in [0.2, 0.25) is 11.8 Å². The molecule has 1 atom stereocenters. The Bertz CT molecular complexity index is 1350. The van der Waals surface area contributed by atoms with Crippen molar-refractivity contribution in [3.8, 4) is 0 Å². The quantitative estimate of drug-likeness (QED) is 0.286. The average molecular weight is 570 g/mol. The van der Waals surface area contributed by atoms with Gasteiger partial charge in [-0.15, -0.1) is 0 Å². The zero-order chi connectivity index (χ0) is 28.4. The summed E-state index contributed by atoms with van der Waals surface area (Å²) in [6.45, 7) is 5.81. The minimum absolute atomic E-state index is 0.0177. The number of sulfonamides is 1. The number of aryl methyl sites for hydroxylation is 1. The number of nitrogens with zero attached hydrogens (tertiary/aromatic N) is 2. The first-order valence-corrected chi connectivity index (χ1v) is 14.9. The van der Waals surface area contributed by atoms with E-state index in [0.717, 1.165) is 22.7 Å². The van der Waals surface area contributed by atoms with Crippen molar-refractivity contribution in [3.05, 3.63) is 95.0 Å². The summed E-state index contributed by atoms with van der Waals surface area (Å²) in [5.41, 5.74) is 2.10. The van der Waals surface area contributed by atoms with Crippen molar-refractivity contribution in [1.82, 2.24) is 10.2 Å². The van der Waals surface area contributed by atoms with Crippen LogP contribution in [0.5, 0.6) is 0 Å². The maximum absolute atomic E-state index is 13.9. The molecule has 0 aliphatic carbocycles. The minimum Gasteiger partial charge on any atom is -0.354 e. The Hall–Kier alpha value is -3.36. The fraction of sp³-hybridized carbons (Fsp3) is 0.333. The molecule has 0 bridgehead atoms. The van der Waals surface area contributed by atoms with Gasteiger partial charge in [0, 0.05) is 18.1 Å². The van der Waals surface area contributed by atoms with Gasteiger partial charge in [0.25, 0.3) is 10.0 Å². The second-order valence-electron chi connectivity index (χ2n) is 9.40. The number of rotatable bonds is 13. The topological polar surface area (TPSA) is 86.8 Å². The van der Waals surface area contributed by atoms with Gasteiger partial charge in [-0.2, -0.15) is 0 Å². The van der Waals surface area contributed by atoms with E-state index < -0.39 is 28.5 Å². The molecule has 3 rings (SSSR count). The number of para-hydroxylation sites is 1. The minimum atomic E-state index is -4.13. The van der Waals surface area contributed by atoms with Crippen LogP contribution < -0.4 is 9.62 Å². The van der Waals surface area contributed by atoms with Gasteiger partial charge in [-0.05, 0) is 68.1 Å². The molecule has 7 nitrogen and oxygen atoms in total. The number of hydrogen-bond acceptors (Lipinski definition) is 4. The summed E-state index contributed by atoms with van der Waals surface area (Å²) in [4.78, 5) is 28.4. The van der Waals surface area contributed by atoms with E-state index in [1.54, 1.807) is 32.0 Å². The molecule has 3 aromatic carbocycles. The Morgan fingerprint density at radius 2 is 1.59 bits per heavy atom. The molecule has 3 aromatic rings. The molecule has 0 aliphatic rings. The fourth-order valence-electron chi connectivity index (χ4n) is 4.20. The number of hydrogen-bond donors (Lipinski definition) is 1. The number of amides is 2. The molecule has 0 unspecified atom stereocenters. The maximum atomic E-state index is 13.9. The van der Waals surface area contributed by atoms with Crippen LogP contribution >= 0.6 is 11.6 Å². The average Bonchev–Trinajstić information content (AvgIpc) is 2.93. The number of halogens is 1. The van der Waals surface area contributed by atoms with Gasteiger partial charge in [0.1, 0.15) is 12.6 Å². The third-order valence-electron chi connectivity index (χ3n) is 6.55. The Labute approximate surface area is 236 Å². The van der Waals surface area contributed by atoms with E-state index in [9.17, 15) is 18.0 Å². The first-order chi connectivity index (χ1) is 18.6. The molecule has 0 spiro atoms. The van der Waals surface area contributed by atoms with Crippen LogP contribution in [0.1, 0.15) is 37.8 Å². The van der Waals surface area contributed by atoms with Crippen molar-refractivity contribution >= 4 is 39.1 Å². The molecule has 0 heterocycles. The molecule has 1 N–H and O–H groups in total. The molecule has 0 saturated carbocycles. The Balaban J connectivity index is 1.96. The summed E-state index contributed by atoms with van der Waals surface area (Å²) in [7, 11) is -4.13. The SMILES string of the molecule is CCCCNC(=O)[C@@H](C)N(CCc1ccccc1)C(=O)CN(c1ccccc1C)S(=O)(=O)c1ccc(Cl)cc1. The van der Waals surface area contributed by atoms with Gasteiger partial charge in [-0.3, -0.25) is 13.9 Å². The molecule has 208 valence electrons. The van der Waals surface area contributed by atoms with Crippen molar-refractivity contribution < 1.29 is 18.0 Å². The van der Waals surface area contributed by atoms with Crippen LogP contribution in [0.4, 0.5) is 5.69 Å². The van der Waals surface area contributed by atoms with E-state index in [2.05, 4.69) is 5.32 Å². The van der Waals surface area contributed by atoms with E-state index >= 15 is 0 Å². The molecule has 0 aliphatic heterocycles. The molecule has 9 heteroatoms. The zero-order valence-electron chi connectivity index (χ0n) is 22.6. The Kier molecular flexibility index (Phi) is 10.9. The van der Waals surface area contributed by atoms with E-state index in [0.29, 0.717) is 29.2 Å². The van der Waals surface area contributed by atoms with Crippen molar-refractivity contribution in [3.63, 3.8) is 0 Å². The summed E-state index contributed by atoms with van der Waals surface area (Å²) in [6.07, 6.45) is 2.28. The molecule has 0 aromatic heterocycles. The Morgan fingerprint density at radius 1 is 0.949 bits per heavy atom. The molecule has 39 heavy (non-hydrogen) atoms. The Morgan fingerprint density at radius 3 is 2.23 bits per heavy atom. The molecule has 2 amide bonds. The number of benzene rings is 3. The third kappa shape index (κ3) is 8.07. The standard InChI is InChI=1S/C30H36ClN3O4S/c1-4-5-20-32-30(36)24(3)33(21-19-25-12-7-6-8-13-25)29(35)22-34(28-14-10-9-11-23(28)2)39(37,38)27-17-15-26(31)16-18-27/h6-18,24H,4-5,19-22H2,1-3H3,(H,32,36)/t24-/m1/s1. The highest BCUT2D eigenvalue weighted by molar-refractivity contribution is 7.92. The van der Waals surface area contributed by atoms with Crippen LogP contribution in [-0.2, 0) is 26.0 Å². The largest absolute Gasteiger partial charge is 0.354 e. The van der Waals surface area contributed by atoms with Crippen LogP contribution in [0.25, 0.3) is 0 Å². The number of carbonyl (C=O) groups excluding carboxylic acids is 2. The van der Waals surface area contributed by atoms with Gasteiger partial charge >= 0.3 is 0 Å². The lowest BCUT2D eigenvalue weighted by atomic mass is 10.1. The summed E-state index contributed by atoms with van der Waals surface area (Å²) in [5, 5.41) is 3.30. The van der Waals surface area contributed by atoms with Gasteiger partial charge < -0.3 is 10.2 Å². The van der Waals surface area contributed by atoms with E-state index in [-0.39, 0.29) is 17.3 Å². The van der Waals surface area contributed by atoms with Gasteiger partial charge in [-0.25, -0.2) is 8.42 Å². The predicted octanol–water partition coefficient (Wildman–Crippen LogP) is 5.22. The van der Waals surface area contributed by atoms with Crippen molar-refractivity contribution in [2.24, 2.45) is 0 Å². The van der Waals surface area contributed by atoms with Crippen LogP contribution in [0.2, 0.25) is 5.02 Å². The zero-order valence-corrected chi connectivity index (χ0v) is 24.2.